The van der Waals surface area contributed by atoms with Gasteiger partial charge in [-0.1, -0.05) is 11.6 Å². The van der Waals surface area contributed by atoms with Crippen molar-refractivity contribution in [3.8, 4) is 11.5 Å². The largest absolute Gasteiger partial charge is 0.493 e. The fourth-order valence-electron chi connectivity index (χ4n) is 2.83. The molecule has 166 valence electrons. The van der Waals surface area contributed by atoms with Crippen LogP contribution in [0.2, 0.25) is 5.02 Å². The van der Waals surface area contributed by atoms with E-state index >= 15 is 0 Å². The van der Waals surface area contributed by atoms with Gasteiger partial charge in [0, 0.05) is 26.3 Å². The Morgan fingerprint density at radius 3 is 2.79 bits per heavy atom. The Balaban J connectivity index is 0.00000420. The highest BCUT2D eigenvalue weighted by Gasteiger charge is 2.15. The Morgan fingerprint density at radius 2 is 2.14 bits per heavy atom. The average Bonchev–Trinajstić information content (AvgIpc) is 3.21. The molecule has 1 aliphatic heterocycles. The van der Waals surface area contributed by atoms with E-state index in [1.165, 1.54) is 0 Å². The lowest BCUT2D eigenvalue weighted by molar-refractivity contribution is 0.0420. The van der Waals surface area contributed by atoms with E-state index in [1.54, 1.807) is 7.11 Å². The first kappa shape index (κ1) is 26.1. The predicted octanol–water partition coefficient (Wildman–Crippen LogP) is 3.62. The molecule has 0 saturated carbocycles. The molecule has 2 N–H and O–H groups in total. The zero-order valence-corrected chi connectivity index (χ0v) is 20.5. The van der Waals surface area contributed by atoms with Gasteiger partial charge in [-0.2, -0.15) is 0 Å². The van der Waals surface area contributed by atoms with Crippen LogP contribution in [0.15, 0.2) is 17.1 Å². The molecule has 0 aromatic heterocycles. The normalized spacial score (nSPS) is 16.3. The molecule has 1 heterocycles. The van der Waals surface area contributed by atoms with Crippen molar-refractivity contribution in [2.24, 2.45) is 4.99 Å². The van der Waals surface area contributed by atoms with Gasteiger partial charge in [-0.25, -0.2) is 4.99 Å². The molecular weight excluding hydrogens is 509 g/mol. The first-order valence-electron chi connectivity index (χ1n) is 9.88. The number of hydrogen-bond acceptors (Lipinski definition) is 5. The molecule has 1 atom stereocenters. The van der Waals surface area contributed by atoms with Gasteiger partial charge in [0.15, 0.2) is 17.5 Å². The molecule has 0 aliphatic carbocycles. The highest BCUT2D eigenvalue weighted by molar-refractivity contribution is 14.0. The number of rotatable bonds is 11. The van der Waals surface area contributed by atoms with Crippen LogP contribution in [0.25, 0.3) is 0 Å². The van der Waals surface area contributed by atoms with Crippen molar-refractivity contribution in [3.05, 3.63) is 22.7 Å². The van der Waals surface area contributed by atoms with E-state index in [0.29, 0.717) is 42.9 Å². The monoisotopic (exact) mass is 541 g/mol. The van der Waals surface area contributed by atoms with Crippen LogP contribution in [0.3, 0.4) is 0 Å². The number of benzene rings is 1. The molecule has 1 aromatic rings. The van der Waals surface area contributed by atoms with Gasteiger partial charge in [0.1, 0.15) is 0 Å². The zero-order valence-electron chi connectivity index (χ0n) is 17.5. The van der Waals surface area contributed by atoms with Gasteiger partial charge in [-0.15, -0.1) is 24.0 Å². The first-order chi connectivity index (χ1) is 13.7. The molecule has 0 amide bonds. The van der Waals surface area contributed by atoms with Crippen molar-refractivity contribution >= 4 is 41.5 Å². The SMILES string of the molecule is CCNC(=NCc1cc(Cl)c(OCC)c(OC)c1)NCCCOC1CCOC1.I. The van der Waals surface area contributed by atoms with Gasteiger partial charge in [0.05, 0.1) is 38.0 Å². The second-order valence-corrected chi connectivity index (χ2v) is 6.78. The fraction of sp³-hybridized carbons (Fsp3) is 0.650. The lowest BCUT2D eigenvalue weighted by Gasteiger charge is -2.14. The number of guanidine groups is 1. The summed E-state index contributed by atoms with van der Waals surface area (Å²) in [5.41, 5.74) is 0.951. The van der Waals surface area contributed by atoms with Crippen LogP contribution < -0.4 is 20.1 Å². The van der Waals surface area contributed by atoms with Crippen LogP contribution in [-0.4, -0.2) is 58.7 Å². The maximum absolute atomic E-state index is 6.33. The van der Waals surface area contributed by atoms with E-state index < -0.39 is 0 Å². The van der Waals surface area contributed by atoms with Crippen molar-refractivity contribution in [3.63, 3.8) is 0 Å². The molecule has 1 aromatic carbocycles. The maximum Gasteiger partial charge on any atom is 0.191 e. The summed E-state index contributed by atoms with van der Waals surface area (Å²) in [7, 11) is 1.60. The number of hydrogen-bond donors (Lipinski definition) is 2. The van der Waals surface area contributed by atoms with Crippen LogP contribution in [0.5, 0.6) is 11.5 Å². The summed E-state index contributed by atoms with van der Waals surface area (Å²) < 4.78 is 22.0. The summed E-state index contributed by atoms with van der Waals surface area (Å²) in [6.45, 7) is 8.76. The molecule has 2 rings (SSSR count). The highest BCUT2D eigenvalue weighted by Crippen LogP contribution is 2.36. The molecule has 29 heavy (non-hydrogen) atoms. The molecule has 1 saturated heterocycles. The average molecular weight is 542 g/mol. The second kappa shape index (κ2) is 14.9. The van der Waals surface area contributed by atoms with E-state index in [-0.39, 0.29) is 30.1 Å². The molecule has 1 unspecified atom stereocenters. The number of nitrogens with zero attached hydrogens (tertiary/aromatic N) is 1. The Morgan fingerprint density at radius 1 is 1.31 bits per heavy atom. The predicted molar refractivity (Wildman–Crippen MR) is 127 cm³/mol. The number of ether oxygens (including phenoxy) is 4. The van der Waals surface area contributed by atoms with Crippen LogP contribution in [0.4, 0.5) is 0 Å². The molecule has 1 aliphatic rings. The third-order valence-electron chi connectivity index (χ3n) is 4.20. The Labute approximate surface area is 195 Å². The van der Waals surface area contributed by atoms with Crippen molar-refractivity contribution in [1.82, 2.24) is 10.6 Å². The summed E-state index contributed by atoms with van der Waals surface area (Å²) in [6, 6.07) is 3.76. The topological polar surface area (TPSA) is 73.3 Å². The van der Waals surface area contributed by atoms with Crippen LogP contribution in [-0.2, 0) is 16.0 Å². The molecule has 0 spiro atoms. The molecule has 9 heteroatoms. The zero-order chi connectivity index (χ0) is 20.2. The summed E-state index contributed by atoms with van der Waals surface area (Å²) in [6.07, 6.45) is 2.15. The lowest BCUT2D eigenvalue weighted by Crippen LogP contribution is -2.38. The maximum atomic E-state index is 6.33. The number of aliphatic imine (C=N–C) groups is 1. The molecular formula is C20H33ClIN3O4. The minimum Gasteiger partial charge on any atom is -0.493 e. The molecule has 0 radical (unpaired) electrons. The number of halogens is 2. The van der Waals surface area contributed by atoms with Crippen LogP contribution in [0.1, 0.15) is 32.3 Å². The van der Waals surface area contributed by atoms with Crippen molar-refractivity contribution in [2.45, 2.75) is 39.3 Å². The van der Waals surface area contributed by atoms with Crippen molar-refractivity contribution < 1.29 is 18.9 Å². The minimum atomic E-state index is 0. The lowest BCUT2D eigenvalue weighted by atomic mass is 10.2. The van der Waals surface area contributed by atoms with Crippen LogP contribution in [0, 0.1) is 0 Å². The molecule has 0 bridgehead atoms. The second-order valence-electron chi connectivity index (χ2n) is 6.37. The standard InChI is InChI=1S/C20H32ClN3O4.HI/c1-4-22-20(23-8-6-9-28-16-7-10-26-14-16)24-13-15-11-17(21)19(27-5-2)18(12-15)25-3;/h11-12,16H,4-10,13-14H2,1-3H3,(H2,22,23,24);1H. The first-order valence-corrected chi connectivity index (χ1v) is 10.3. The summed E-state index contributed by atoms with van der Waals surface area (Å²) in [5, 5.41) is 7.10. The van der Waals surface area contributed by atoms with Gasteiger partial charge in [0.25, 0.3) is 0 Å². The fourth-order valence-corrected chi connectivity index (χ4v) is 3.12. The van der Waals surface area contributed by atoms with Gasteiger partial charge in [-0.05, 0) is 44.4 Å². The van der Waals surface area contributed by atoms with Gasteiger partial charge in [0.2, 0.25) is 0 Å². The van der Waals surface area contributed by atoms with Crippen molar-refractivity contribution in [2.75, 3.05) is 46.6 Å². The Kier molecular flexibility index (Phi) is 13.4. The third kappa shape index (κ3) is 9.15. The molecule has 1 fully saturated rings. The van der Waals surface area contributed by atoms with E-state index in [1.807, 2.05) is 26.0 Å². The Bertz CT molecular complexity index is 628. The van der Waals surface area contributed by atoms with Gasteiger partial charge in [-0.3, -0.25) is 0 Å². The van der Waals surface area contributed by atoms with E-state index in [0.717, 1.165) is 44.1 Å². The smallest absolute Gasteiger partial charge is 0.191 e. The minimum absolute atomic E-state index is 0. The van der Waals surface area contributed by atoms with Gasteiger partial charge < -0.3 is 29.6 Å². The Hall–Kier alpha value is -0.970. The number of methoxy groups -OCH3 is 1. The quantitative estimate of drug-likeness (QED) is 0.193. The highest BCUT2D eigenvalue weighted by atomic mass is 127. The summed E-state index contributed by atoms with van der Waals surface area (Å²) in [4.78, 5) is 4.63. The third-order valence-corrected chi connectivity index (χ3v) is 4.48. The van der Waals surface area contributed by atoms with Gasteiger partial charge >= 0.3 is 0 Å². The summed E-state index contributed by atoms with van der Waals surface area (Å²) in [5.74, 6) is 1.94. The van der Waals surface area contributed by atoms with E-state index in [2.05, 4.69) is 15.6 Å². The molecule has 7 nitrogen and oxygen atoms in total. The van der Waals surface area contributed by atoms with E-state index in [4.69, 9.17) is 30.5 Å². The van der Waals surface area contributed by atoms with Crippen LogP contribution >= 0.6 is 35.6 Å². The van der Waals surface area contributed by atoms with Crippen molar-refractivity contribution in [1.29, 1.82) is 0 Å². The van der Waals surface area contributed by atoms with E-state index in [9.17, 15) is 0 Å². The number of nitrogens with one attached hydrogen (secondary N) is 2. The summed E-state index contributed by atoms with van der Waals surface area (Å²) >= 11 is 6.33.